The zero-order valence-corrected chi connectivity index (χ0v) is 15.1. The lowest BCUT2D eigenvalue weighted by molar-refractivity contribution is -0.177. The number of esters is 2. The smallest absolute Gasteiger partial charge is 0.334 e. The van der Waals surface area contributed by atoms with Crippen molar-refractivity contribution in [2.75, 3.05) is 0 Å². The molecule has 0 bridgehead atoms. The van der Waals surface area contributed by atoms with Gasteiger partial charge in [-0.1, -0.05) is 31.7 Å². The highest BCUT2D eigenvalue weighted by Gasteiger charge is 2.62. The van der Waals surface area contributed by atoms with Crippen LogP contribution in [-0.4, -0.2) is 35.4 Å². The Morgan fingerprint density at radius 2 is 2.12 bits per heavy atom. The molecule has 6 atom stereocenters. The van der Waals surface area contributed by atoms with Crippen molar-refractivity contribution in [3.63, 3.8) is 0 Å². The van der Waals surface area contributed by atoms with Crippen LogP contribution in [0.5, 0.6) is 0 Å². The van der Waals surface area contributed by atoms with Gasteiger partial charge in [-0.2, -0.15) is 0 Å². The van der Waals surface area contributed by atoms with Crippen LogP contribution in [-0.2, 0) is 19.1 Å². The monoisotopic (exact) mass is 346 g/mol. The Hall–Kier alpha value is -1.88. The normalized spacial score (nSPS) is 41.0. The number of rotatable bonds is 2. The van der Waals surface area contributed by atoms with Gasteiger partial charge in [0.15, 0.2) is 0 Å². The molecule has 0 aromatic rings. The second kappa shape index (κ2) is 6.13. The SMILES string of the molecule is C=C1C(=O)OC2CC3(C)C(O)CCC(=C)C3C(OC(=O)C(C)=CC)C12. The van der Waals surface area contributed by atoms with E-state index in [0.717, 1.165) is 5.57 Å². The molecule has 3 rings (SSSR count). The Bertz CT molecular complexity index is 676. The maximum Gasteiger partial charge on any atom is 0.334 e. The molecule has 6 unspecified atom stereocenters. The summed E-state index contributed by atoms with van der Waals surface area (Å²) in [5.74, 6) is -1.48. The molecule has 1 aliphatic heterocycles. The molecule has 2 saturated carbocycles. The summed E-state index contributed by atoms with van der Waals surface area (Å²) in [7, 11) is 0. The zero-order chi connectivity index (χ0) is 18.5. The molecular formula is C20H26O5. The van der Waals surface area contributed by atoms with Crippen LogP contribution in [0.25, 0.3) is 0 Å². The number of aliphatic hydroxyl groups excluding tert-OH is 1. The first kappa shape index (κ1) is 17.9. The standard InChI is InChI=1S/C20H26O5/c1-6-10(2)18(22)25-17-15-12(4)19(23)24-13(15)9-20(5)14(21)8-7-11(3)16(17)20/h6,13-17,21H,3-4,7-9H2,1-2,5H3. The topological polar surface area (TPSA) is 72.8 Å². The van der Waals surface area contributed by atoms with Crippen LogP contribution in [0.3, 0.4) is 0 Å². The lowest BCUT2D eigenvalue weighted by atomic mass is 9.53. The third kappa shape index (κ3) is 2.65. The van der Waals surface area contributed by atoms with E-state index in [2.05, 4.69) is 13.2 Å². The van der Waals surface area contributed by atoms with Crippen LogP contribution in [0.1, 0.15) is 40.0 Å². The predicted octanol–water partition coefficient (Wildman–Crippen LogP) is 2.70. The Morgan fingerprint density at radius 3 is 2.76 bits per heavy atom. The van der Waals surface area contributed by atoms with Gasteiger partial charge in [-0.15, -0.1) is 0 Å². The fourth-order valence-corrected chi connectivity index (χ4v) is 4.69. The first-order valence-corrected chi connectivity index (χ1v) is 8.80. The molecule has 0 aromatic carbocycles. The minimum Gasteiger partial charge on any atom is -0.458 e. The number of carbonyl (C=O) groups excluding carboxylic acids is 2. The van der Waals surface area contributed by atoms with Gasteiger partial charge in [-0.05, 0) is 33.1 Å². The third-order valence-corrected chi connectivity index (χ3v) is 6.30. The maximum atomic E-state index is 12.4. The summed E-state index contributed by atoms with van der Waals surface area (Å²) >= 11 is 0. The zero-order valence-electron chi connectivity index (χ0n) is 15.1. The van der Waals surface area contributed by atoms with Gasteiger partial charge in [0.1, 0.15) is 12.2 Å². The van der Waals surface area contributed by atoms with E-state index in [4.69, 9.17) is 9.47 Å². The molecule has 1 N–H and O–H groups in total. The van der Waals surface area contributed by atoms with E-state index >= 15 is 0 Å². The van der Waals surface area contributed by atoms with E-state index in [1.54, 1.807) is 19.9 Å². The molecule has 0 spiro atoms. The summed E-state index contributed by atoms with van der Waals surface area (Å²) in [5, 5.41) is 10.7. The highest BCUT2D eigenvalue weighted by molar-refractivity contribution is 5.91. The maximum absolute atomic E-state index is 12.4. The van der Waals surface area contributed by atoms with Gasteiger partial charge in [0.25, 0.3) is 0 Å². The van der Waals surface area contributed by atoms with E-state index < -0.39 is 35.7 Å². The van der Waals surface area contributed by atoms with E-state index in [1.165, 1.54) is 0 Å². The van der Waals surface area contributed by atoms with Gasteiger partial charge in [-0.25, -0.2) is 9.59 Å². The molecule has 1 saturated heterocycles. The first-order chi connectivity index (χ1) is 11.7. The Kier molecular flexibility index (Phi) is 4.40. The second-order valence-corrected chi connectivity index (χ2v) is 7.74. The van der Waals surface area contributed by atoms with Gasteiger partial charge in [0, 0.05) is 22.5 Å². The molecule has 0 amide bonds. The fraction of sp³-hybridized carbons (Fsp3) is 0.600. The molecule has 0 aromatic heterocycles. The lowest BCUT2D eigenvalue weighted by Gasteiger charge is -2.54. The van der Waals surface area contributed by atoms with Crippen LogP contribution in [0.2, 0.25) is 0 Å². The Balaban J connectivity index is 2.04. The molecular weight excluding hydrogens is 320 g/mol. The minimum atomic E-state index is -0.604. The first-order valence-electron chi connectivity index (χ1n) is 8.80. The van der Waals surface area contributed by atoms with Crippen LogP contribution in [0.15, 0.2) is 36.0 Å². The minimum absolute atomic E-state index is 0.225. The van der Waals surface area contributed by atoms with E-state index in [0.29, 0.717) is 30.4 Å². The highest BCUT2D eigenvalue weighted by atomic mass is 16.6. The van der Waals surface area contributed by atoms with E-state index in [9.17, 15) is 14.7 Å². The van der Waals surface area contributed by atoms with Crippen molar-refractivity contribution >= 4 is 11.9 Å². The number of aliphatic hydroxyl groups is 1. The van der Waals surface area contributed by atoms with E-state index in [-0.39, 0.29) is 11.8 Å². The van der Waals surface area contributed by atoms with Gasteiger partial charge in [0.2, 0.25) is 0 Å². The number of ether oxygens (including phenoxy) is 2. The molecule has 0 radical (unpaired) electrons. The van der Waals surface area contributed by atoms with Crippen LogP contribution in [0, 0.1) is 17.3 Å². The lowest BCUT2D eigenvalue weighted by Crippen LogP contribution is -2.58. The van der Waals surface area contributed by atoms with Crippen LogP contribution in [0.4, 0.5) is 0 Å². The van der Waals surface area contributed by atoms with Crippen molar-refractivity contribution in [1.29, 1.82) is 0 Å². The molecule has 5 nitrogen and oxygen atoms in total. The summed E-state index contributed by atoms with van der Waals surface area (Å²) in [6.07, 6.45) is 1.92. The van der Waals surface area contributed by atoms with Crippen molar-refractivity contribution in [2.45, 2.75) is 58.3 Å². The van der Waals surface area contributed by atoms with Crippen LogP contribution >= 0.6 is 0 Å². The predicted molar refractivity (Wildman–Crippen MR) is 92.4 cm³/mol. The summed E-state index contributed by atoms with van der Waals surface area (Å²) in [6, 6.07) is 0. The second-order valence-electron chi connectivity index (χ2n) is 7.74. The molecule has 3 aliphatic rings. The Labute approximate surface area is 148 Å². The van der Waals surface area contributed by atoms with Crippen molar-refractivity contribution in [2.24, 2.45) is 17.3 Å². The van der Waals surface area contributed by atoms with E-state index in [1.807, 2.05) is 6.92 Å². The summed E-state index contributed by atoms with van der Waals surface area (Å²) in [6.45, 7) is 13.5. The summed E-state index contributed by atoms with van der Waals surface area (Å²) in [5.41, 5.74) is 1.25. The van der Waals surface area contributed by atoms with Gasteiger partial charge >= 0.3 is 11.9 Å². The van der Waals surface area contributed by atoms with Crippen molar-refractivity contribution in [1.82, 2.24) is 0 Å². The summed E-state index contributed by atoms with van der Waals surface area (Å²) < 4.78 is 11.3. The van der Waals surface area contributed by atoms with Crippen molar-refractivity contribution in [3.8, 4) is 0 Å². The van der Waals surface area contributed by atoms with Gasteiger partial charge in [-0.3, -0.25) is 0 Å². The number of carbonyl (C=O) groups is 2. The number of hydrogen-bond donors (Lipinski definition) is 1. The average molecular weight is 346 g/mol. The summed E-state index contributed by atoms with van der Waals surface area (Å²) in [4.78, 5) is 24.5. The van der Waals surface area contributed by atoms with Gasteiger partial charge in [0.05, 0.1) is 12.0 Å². The molecule has 25 heavy (non-hydrogen) atoms. The van der Waals surface area contributed by atoms with Crippen molar-refractivity contribution < 1.29 is 24.2 Å². The van der Waals surface area contributed by atoms with Gasteiger partial charge < -0.3 is 14.6 Å². The molecule has 136 valence electrons. The fourth-order valence-electron chi connectivity index (χ4n) is 4.69. The third-order valence-electron chi connectivity index (χ3n) is 6.30. The Morgan fingerprint density at radius 1 is 1.44 bits per heavy atom. The quantitative estimate of drug-likeness (QED) is 0.473. The van der Waals surface area contributed by atoms with Crippen molar-refractivity contribution in [3.05, 3.63) is 36.0 Å². The van der Waals surface area contributed by atoms with Crippen LogP contribution < -0.4 is 0 Å². The molecule has 1 heterocycles. The molecule has 3 fully saturated rings. The highest BCUT2D eigenvalue weighted by Crippen LogP contribution is 2.57. The molecule has 5 heteroatoms. The number of hydrogen-bond acceptors (Lipinski definition) is 5. The average Bonchev–Trinajstić information content (AvgIpc) is 2.84. The number of allylic oxidation sites excluding steroid dienone is 1. The largest absolute Gasteiger partial charge is 0.458 e. The molecule has 2 aliphatic carbocycles. The number of fused-ring (bicyclic) bond motifs is 2.